The lowest BCUT2D eigenvalue weighted by Crippen LogP contribution is -2.40. The average molecular weight is 286 g/mol. The first-order valence-electron chi connectivity index (χ1n) is 6.55. The lowest BCUT2D eigenvalue weighted by atomic mass is 9.91. The highest BCUT2D eigenvalue weighted by molar-refractivity contribution is 7.88. The van der Waals surface area contributed by atoms with E-state index < -0.39 is 10.0 Å². The van der Waals surface area contributed by atoms with E-state index in [-0.39, 0.29) is 6.04 Å². The zero-order valence-corrected chi connectivity index (χ0v) is 12.3. The number of hydrogen-bond donors (Lipinski definition) is 1. The molecule has 6 nitrogen and oxygen atoms in total. The molecule has 1 aromatic heterocycles. The van der Waals surface area contributed by atoms with E-state index in [9.17, 15) is 8.42 Å². The van der Waals surface area contributed by atoms with Crippen molar-refractivity contribution in [3.63, 3.8) is 0 Å². The fraction of sp³-hybridized carbons (Fsp3) is 0.750. The third kappa shape index (κ3) is 3.77. The van der Waals surface area contributed by atoms with Gasteiger partial charge in [0.2, 0.25) is 10.0 Å². The van der Waals surface area contributed by atoms with Crippen molar-refractivity contribution in [1.29, 1.82) is 0 Å². The molecule has 1 aliphatic heterocycles. The minimum Gasteiger partial charge on any atom is -0.324 e. The number of sulfonamides is 1. The smallest absolute Gasteiger partial charge is 0.211 e. The Labute approximate surface area is 114 Å². The summed E-state index contributed by atoms with van der Waals surface area (Å²) in [4.78, 5) is 0. The van der Waals surface area contributed by atoms with Crippen molar-refractivity contribution in [1.82, 2.24) is 14.1 Å². The summed E-state index contributed by atoms with van der Waals surface area (Å²) in [6.07, 6.45) is 7.73. The lowest BCUT2D eigenvalue weighted by Gasteiger charge is -2.32. The van der Waals surface area contributed by atoms with E-state index in [4.69, 9.17) is 5.73 Å². The summed E-state index contributed by atoms with van der Waals surface area (Å²) in [6, 6.07) is -0.0711. The highest BCUT2D eigenvalue weighted by Crippen LogP contribution is 2.26. The van der Waals surface area contributed by atoms with Gasteiger partial charge in [0.15, 0.2) is 0 Å². The second kappa shape index (κ2) is 5.60. The molecule has 0 saturated carbocycles. The molecule has 0 amide bonds. The van der Waals surface area contributed by atoms with E-state index in [0.717, 1.165) is 24.8 Å². The van der Waals surface area contributed by atoms with Crippen LogP contribution in [0.3, 0.4) is 0 Å². The summed E-state index contributed by atoms with van der Waals surface area (Å²) in [6.45, 7) is 1.23. The average Bonchev–Trinajstić information content (AvgIpc) is 2.75. The van der Waals surface area contributed by atoms with Gasteiger partial charge in [0, 0.05) is 37.9 Å². The zero-order chi connectivity index (χ0) is 14.0. The third-order valence-corrected chi connectivity index (χ3v) is 4.96. The molecule has 2 N–H and O–H groups in total. The van der Waals surface area contributed by atoms with Gasteiger partial charge in [0.1, 0.15) is 0 Å². The molecule has 2 unspecified atom stereocenters. The van der Waals surface area contributed by atoms with Gasteiger partial charge in [0.25, 0.3) is 0 Å². The van der Waals surface area contributed by atoms with Crippen molar-refractivity contribution in [3.05, 3.63) is 18.0 Å². The van der Waals surface area contributed by atoms with Crippen LogP contribution in [0.1, 0.15) is 30.9 Å². The molecule has 1 saturated heterocycles. The fourth-order valence-corrected chi connectivity index (χ4v) is 3.59. The Morgan fingerprint density at radius 1 is 1.58 bits per heavy atom. The maximum Gasteiger partial charge on any atom is 0.211 e. The number of aryl methyl sites for hydroxylation is 1. The Hall–Kier alpha value is -0.920. The van der Waals surface area contributed by atoms with Crippen LogP contribution in [0.4, 0.5) is 0 Å². The molecule has 1 aliphatic rings. The Morgan fingerprint density at radius 3 is 2.89 bits per heavy atom. The molecule has 0 aliphatic carbocycles. The largest absolute Gasteiger partial charge is 0.324 e. The molecular weight excluding hydrogens is 264 g/mol. The van der Waals surface area contributed by atoms with Gasteiger partial charge in [-0.2, -0.15) is 5.10 Å². The van der Waals surface area contributed by atoms with E-state index >= 15 is 0 Å². The van der Waals surface area contributed by atoms with Crippen LogP contribution in [0.25, 0.3) is 0 Å². The van der Waals surface area contributed by atoms with Gasteiger partial charge in [-0.25, -0.2) is 12.7 Å². The molecule has 108 valence electrons. The van der Waals surface area contributed by atoms with Crippen molar-refractivity contribution >= 4 is 10.0 Å². The standard InChI is InChI=1S/C12H22N4O2S/c1-15-9-11(7-14-15)12(13)6-10-4-3-5-16(8-10)19(2,17)18/h7,9-10,12H,3-6,8,13H2,1-2H3. The molecule has 0 spiro atoms. The number of nitrogens with zero attached hydrogens (tertiary/aromatic N) is 3. The molecule has 2 rings (SSSR count). The summed E-state index contributed by atoms with van der Waals surface area (Å²) in [7, 11) is -1.22. The molecular formula is C12H22N4O2S. The third-order valence-electron chi connectivity index (χ3n) is 3.69. The van der Waals surface area contributed by atoms with Crippen molar-refractivity contribution in [2.45, 2.75) is 25.3 Å². The SMILES string of the molecule is Cn1cc(C(N)CC2CCCN(S(C)(=O)=O)C2)cn1. The van der Waals surface area contributed by atoms with E-state index in [1.807, 2.05) is 13.2 Å². The quantitative estimate of drug-likeness (QED) is 0.873. The molecule has 19 heavy (non-hydrogen) atoms. The number of nitrogens with two attached hydrogens (primary N) is 1. The van der Waals surface area contributed by atoms with E-state index in [1.165, 1.54) is 6.26 Å². The number of hydrogen-bond acceptors (Lipinski definition) is 4. The predicted octanol–water partition coefficient (Wildman–Crippen LogP) is 0.482. The first-order chi connectivity index (χ1) is 8.86. The summed E-state index contributed by atoms with van der Waals surface area (Å²) < 4.78 is 26.4. The molecule has 2 heterocycles. The second-order valence-electron chi connectivity index (χ2n) is 5.42. The minimum atomic E-state index is -3.08. The van der Waals surface area contributed by atoms with E-state index in [2.05, 4.69) is 5.10 Å². The normalized spacial score (nSPS) is 23.4. The van der Waals surface area contributed by atoms with Crippen molar-refractivity contribution in [3.8, 4) is 0 Å². The lowest BCUT2D eigenvalue weighted by molar-refractivity contribution is 0.247. The maximum atomic E-state index is 11.6. The van der Waals surface area contributed by atoms with Crippen LogP contribution in [0.2, 0.25) is 0 Å². The first kappa shape index (κ1) is 14.5. The molecule has 0 radical (unpaired) electrons. The minimum absolute atomic E-state index is 0.0711. The molecule has 7 heteroatoms. The van der Waals surface area contributed by atoms with Gasteiger partial charge in [-0.1, -0.05) is 0 Å². The van der Waals surface area contributed by atoms with Crippen molar-refractivity contribution in [2.75, 3.05) is 19.3 Å². The first-order valence-corrected chi connectivity index (χ1v) is 8.40. The highest BCUT2D eigenvalue weighted by atomic mass is 32.2. The van der Waals surface area contributed by atoms with Gasteiger partial charge >= 0.3 is 0 Å². The topological polar surface area (TPSA) is 81.2 Å². The van der Waals surface area contributed by atoms with Crippen LogP contribution in [-0.4, -0.2) is 41.8 Å². The Bertz CT molecular complexity index is 526. The van der Waals surface area contributed by atoms with Gasteiger partial charge in [-0.05, 0) is 25.2 Å². The number of aromatic nitrogens is 2. The summed E-state index contributed by atoms with van der Waals surface area (Å²) in [5.41, 5.74) is 7.19. The van der Waals surface area contributed by atoms with Gasteiger partial charge in [0.05, 0.1) is 12.5 Å². The predicted molar refractivity (Wildman–Crippen MR) is 73.9 cm³/mol. The monoisotopic (exact) mass is 286 g/mol. The van der Waals surface area contributed by atoms with Crippen molar-refractivity contribution < 1.29 is 8.42 Å². The van der Waals surface area contributed by atoms with Crippen LogP contribution >= 0.6 is 0 Å². The van der Waals surface area contributed by atoms with Gasteiger partial charge in [-0.3, -0.25) is 4.68 Å². The summed E-state index contributed by atoms with van der Waals surface area (Å²) >= 11 is 0. The highest BCUT2D eigenvalue weighted by Gasteiger charge is 2.27. The molecule has 1 aromatic rings. The number of rotatable bonds is 4. The molecule has 1 fully saturated rings. The van der Waals surface area contributed by atoms with Gasteiger partial charge in [-0.15, -0.1) is 0 Å². The van der Waals surface area contributed by atoms with Crippen LogP contribution in [0.5, 0.6) is 0 Å². The number of piperidine rings is 1. The second-order valence-corrected chi connectivity index (χ2v) is 7.40. The zero-order valence-electron chi connectivity index (χ0n) is 11.5. The molecule has 2 atom stereocenters. The summed E-state index contributed by atoms with van der Waals surface area (Å²) in [5.74, 6) is 0.332. The molecule has 0 aromatic carbocycles. The Kier molecular flexibility index (Phi) is 4.27. The Morgan fingerprint density at radius 2 is 2.32 bits per heavy atom. The van der Waals surface area contributed by atoms with Gasteiger partial charge < -0.3 is 5.73 Å². The van der Waals surface area contributed by atoms with E-state index in [1.54, 1.807) is 15.2 Å². The van der Waals surface area contributed by atoms with Crippen LogP contribution in [0.15, 0.2) is 12.4 Å². The fourth-order valence-electron chi connectivity index (χ4n) is 2.65. The van der Waals surface area contributed by atoms with Crippen LogP contribution < -0.4 is 5.73 Å². The van der Waals surface area contributed by atoms with Crippen molar-refractivity contribution in [2.24, 2.45) is 18.7 Å². The Balaban J connectivity index is 1.95. The van der Waals surface area contributed by atoms with Crippen LogP contribution in [-0.2, 0) is 17.1 Å². The van der Waals surface area contributed by atoms with E-state index in [0.29, 0.717) is 19.0 Å². The molecule has 0 bridgehead atoms. The van der Waals surface area contributed by atoms with Crippen LogP contribution in [0, 0.1) is 5.92 Å². The summed E-state index contributed by atoms with van der Waals surface area (Å²) in [5, 5.41) is 4.12. The maximum absolute atomic E-state index is 11.6.